The Hall–Kier alpha value is -1.89. The zero-order chi connectivity index (χ0) is 15.0. The molecule has 7 heteroatoms. The zero-order valence-electron chi connectivity index (χ0n) is 12.9. The fourth-order valence-electron chi connectivity index (χ4n) is 2.49. The summed E-state index contributed by atoms with van der Waals surface area (Å²) in [6, 6.07) is 0.567. The summed E-state index contributed by atoms with van der Waals surface area (Å²) in [5.74, 6) is 0.993. The lowest BCUT2D eigenvalue weighted by Crippen LogP contribution is -2.48. The number of ether oxygens (including phenoxy) is 1. The van der Waals surface area contributed by atoms with Crippen molar-refractivity contribution in [3.63, 3.8) is 0 Å². The standard InChI is InChI=1S/C14H21N5O2/c1-10(2)12-16-13(21-17-12)19-5-6-20-14(3,9-19)11-7-15-18(4)8-11/h7-8,10H,5-6,9H2,1-4H3. The van der Waals surface area contributed by atoms with Gasteiger partial charge in [0.15, 0.2) is 5.82 Å². The van der Waals surface area contributed by atoms with Crippen molar-refractivity contribution in [3.8, 4) is 0 Å². The van der Waals surface area contributed by atoms with E-state index in [1.165, 1.54) is 0 Å². The molecule has 7 nitrogen and oxygen atoms in total. The molecule has 1 fully saturated rings. The number of morpholine rings is 1. The lowest BCUT2D eigenvalue weighted by molar-refractivity contribution is -0.0480. The van der Waals surface area contributed by atoms with E-state index in [9.17, 15) is 0 Å². The third-order valence-electron chi connectivity index (χ3n) is 3.81. The number of anilines is 1. The molecule has 1 saturated heterocycles. The number of hydrogen-bond acceptors (Lipinski definition) is 6. The van der Waals surface area contributed by atoms with E-state index >= 15 is 0 Å². The van der Waals surface area contributed by atoms with Crippen LogP contribution < -0.4 is 4.90 Å². The molecule has 0 amide bonds. The number of nitrogens with zero attached hydrogens (tertiary/aromatic N) is 5. The van der Waals surface area contributed by atoms with Crippen LogP contribution in [0.1, 0.15) is 38.1 Å². The predicted octanol–water partition coefficient (Wildman–Crippen LogP) is 1.68. The van der Waals surface area contributed by atoms with Crippen LogP contribution >= 0.6 is 0 Å². The Morgan fingerprint density at radius 2 is 2.19 bits per heavy atom. The smallest absolute Gasteiger partial charge is 0.324 e. The molecular formula is C14H21N5O2. The van der Waals surface area contributed by atoms with Crippen LogP contribution in [0.25, 0.3) is 0 Å². The van der Waals surface area contributed by atoms with Gasteiger partial charge in [0.25, 0.3) is 0 Å². The van der Waals surface area contributed by atoms with Crippen molar-refractivity contribution in [2.45, 2.75) is 32.3 Å². The maximum atomic E-state index is 5.99. The molecule has 0 aromatic carbocycles. The molecule has 0 N–H and O–H groups in total. The second-order valence-electron chi connectivity index (χ2n) is 5.99. The van der Waals surface area contributed by atoms with E-state index in [4.69, 9.17) is 9.26 Å². The van der Waals surface area contributed by atoms with Gasteiger partial charge in [-0.15, -0.1) is 0 Å². The van der Waals surface area contributed by atoms with Crippen LogP contribution in [0.2, 0.25) is 0 Å². The Morgan fingerprint density at radius 1 is 1.38 bits per heavy atom. The maximum Gasteiger partial charge on any atom is 0.324 e. The Bertz CT molecular complexity index is 620. The molecule has 1 aliphatic heterocycles. The molecule has 114 valence electrons. The first kappa shape index (κ1) is 14.1. The van der Waals surface area contributed by atoms with E-state index in [-0.39, 0.29) is 5.92 Å². The quantitative estimate of drug-likeness (QED) is 0.857. The highest BCUT2D eigenvalue weighted by Gasteiger charge is 2.36. The molecule has 0 spiro atoms. The maximum absolute atomic E-state index is 5.99. The fraction of sp³-hybridized carbons (Fsp3) is 0.643. The summed E-state index contributed by atoms with van der Waals surface area (Å²) in [6.07, 6.45) is 3.83. The van der Waals surface area contributed by atoms with Crippen LogP contribution in [0, 0.1) is 0 Å². The number of rotatable bonds is 3. The molecule has 2 aromatic rings. The lowest BCUT2D eigenvalue weighted by atomic mass is 9.97. The minimum Gasteiger partial charge on any atom is -0.367 e. The lowest BCUT2D eigenvalue weighted by Gasteiger charge is -2.39. The second kappa shape index (κ2) is 5.14. The van der Waals surface area contributed by atoms with E-state index in [2.05, 4.69) is 27.1 Å². The highest BCUT2D eigenvalue weighted by Crippen LogP contribution is 2.31. The third kappa shape index (κ3) is 2.65. The van der Waals surface area contributed by atoms with E-state index in [1.54, 1.807) is 4.68 Å². The molecule has 21 heavy (non-hydrogen) atoms. The van der Waals surface area contributed by atoms with Crippen molar-refractivity contribution in [2.24, 2.45) is 7.05 Å². The molecular weight excluding hydrogens is 270 g/mol. The van der Waals surface area contributed by atoms with Crippen LogP contribution in [0.15, 0.2) is 16.9 Å². The van der Waals surface area contributed by atoms with Crippen molar-refractivity contribution in [2.75, 3.05) is 24.6 Å². The average Bonchev–Trinajstić information content (AvgIpc) is 3.07. The molecule has 0 bridgehead atoms. The molecule has 1 aliphatic rings. The summed E-state index contributed by atoms with van der Waals surface area (Å²) in [5, 5.41) is 8.26. The molecule has 0 aliphatic carbocycles. The summed E-state index contributed by atoms with van der Waals surface area (Å²) in [6.45, 7) is 8.19. The molecule has 2 aromatic heterocycles. The molecule has 0 radical (unpaired) electrons. The number of hydrogen-bond donors (Lipinski definition) is 0. The number of aromatic nitrogens is 4. The summed E-state index contributed by atoms with van der Waals surface area (Å²) < 4.78 is 13.2. The normalized spacial score (nSPS) is 23.0. The van der Waals surface area contributed by atoms with Gasteiger partial charge in [0.05, 0.1) is 19.3 Å². The van der Waals surface area contributed by atoms with Gasteiger partial charge in [0.2, 0.25) is 0 Å². The van der Waals surface area contributed by atoms with Crippen LogP contribution in [-0.2, 0) is 17.4 Å². The third-order valence-corrected chi connectivity index (χ3v) is 3.81. The van der Waals surface area contributed by atoms with Gasteiger partial charge in [0, 0.05) is 31.3 Å². The molecule has 3 heterocycles. The van der Waals surface area contributed by atoms with Crippen LogP contribution in [0.5, 0.6) is 0 Å². The van der Waals surface area contributed by atoms with Gasteiger partial charge in [-0.05, 0) is 6.92 Å². The monoisotopic (exact) mass is 291 g/mol. The van der Waals surface area contributed by atoms with Gasteiger partial charge in [-0.1, -0.05) is 19.0 Å². The van der Waals surface area contributed by atoms with Crippen molar-refractivity contribution >= 4 is 6.01 Å². The first-order valence-corrected chi connectivity index (χ1v) is 7.19. The first-order valence-electron chi connectivity index (χ1n) is 7.19. The van der Waals surface area contributed by atoms with Crippen molar-refractivity contribution in [3.05, 3.63) is 23.8 Å². The Morgan fingerprint density at radius 3 is 2.81 bits per heavy atom. The van der Waals surface area contributed by atoms with E-state index < -0.39 is 5.60 Å². The Kier molecular flexibility index (Phi) is 3.44. The molecule has 1 atom stereocenters. The fourth-order valence-corrected chi connectivity index (χ4v) is 2.49. The minimum atomic E-state index is -0.418. The average molecular weight is 291 g/mol. The summed E-state index contributed by atoms with van der Waals surface area (Å²) in [4.78, 5) is 6.55. The highest BCUT2D eigenvalue weighted by molar-refractivity contribution is 5.30. The predicted molar refractivity (Wildman–Crippen MR) is 77.1 cm³/mol. The van der Waals surface area contributed by atoms with Crippen LogP contribution in [0.4, 0.5) is 6.01 Å². The summed E-state index contributed by atoms with van der Waals surface area (Å²) in [5.41, 5.74) is 0.636. The Labute approximate surface area is 123 Å². The van der Waals surface area contributed by atoms with Crippen molar-refractivity contribution in [1.82, 2.24) is 19.9 Å². The summed E-state index contributed by atoms with van der Waals surface area (Å²) >= 11 is 0. The van der Waals surface area contributed by atoms with Gasteiger partial charge < -0.3 is 14.2 Å². The van der Waals surface area contributed by atoms with Gasteiger partial charge >= 0.3 is 6.01 Å². The van der Waals surface area contributed by atoms with Crippen LogP contribution in [-0.4, -0.2) is 39.6 Å². The van der Waals surface area contributed by atoms with Crippen LogP contribution in [0.3, 0.4) is 0 Å². The van der Waals surface area contributed by atoms with E-state index in [1.807, 2.05) is 33.3 Å². The van der Waals surface area contributed by atoms with Gasteiger partial charge in [0.1, 0.15) is 5.60 Å². The minimum absolute atomic E-state index is 0.258. The van der Waals surface area contributed by atoms with Gasteiger partial charge in [-0.25, -0.2) is 0 Å². The summed E-state index contributed by atoms with van der Waals surface area (Å²) in [7, 11) is 1.90. The van der Waals surface area contributed by atoms with E-state index in [0.29, 0.717) is 19.2 Å². The van der Waals surface area contributed by atoms with Gasteiger partial charge in [-0.3, -0.25) is 4.68 Å². The zero-order valence-corrected chi connectivity index (χ0v) is 12.9. The van der Waals surface area contributed by atoms with Crippen molar-refractivity contribution in [1.29, 1.82) is 0 Å². The Balaban J connectivity index is 1.81. The first-order chi connectivity index (χ1) is 9.98. The second-order valence-corrected chi connectivity index (χ2v) is 5.99. The molecule has 1 unspecified atom stereocenters. The molecule has 3 rings (SSSR count). The largest absolute Gasteiger partial charge is 0.367 e. The SMILES string of the molecule is CC(C)c1noc(N2CCOC(C)(c3cnn(C)c3)C2)n1. The molecule has 0 saturated carbocycles. The van der Waals surface area contributed by atoms with E-state index in [0.717, 1.165) is 17.9 Å². The topological polar surface area (TPSA) is 69.2 Å². The highest BCUT2D eigenvalue weighted by atomic mass is 16.5. The number of aryl methyl sites for hydroxylation is 1. The van der Waals surface area contributed by atoms with Gasteiger partial charge in [-0.2, -0.15) is 10.1 Å². The van der Waals surface area contributed by atoms with Crippen molar-refractivity contribution < 1.29 is 9.26 Å².